The van der Waals surface area contributed by atoms with E-state index < -0.39 is 0 Å². The van der Waals surface area contributed by atoms with Gasteiger partial charge in [0.1, 0.15) is 0 Å². The molecule has 0 radical (unpaired) electrons. The summed E-state index contributed by atoms with van der Waals surface area (Å²) in [6.07, 6.45) is 2.23. The van der Waals surface area contributed by atoms with Crippen LogP contribution in [0.25, 0.3) is 0 Å². The molecule has 0 fully saturated rings. The van der Waals surface area contributed by atoms with E-state index in [0.717, 1.165) is 18.4 Å². The fourth-order valence-corrected chi connectivity index (χ4v) is 1.48. The molecule has 0 aromatic heterocycles. The molecule has 1 aromatic rings. The van der Waals surface area contributed by atoms with Crippen LogP contribution in [-0.4, -0.2) is 11.2 Å². The molecule has 1 aromatic carbocycles. The quantitative estimate of drug-likeness (QED) is 0.708. The monoisotopic (exact) mass is 190 g/mol. The Morgan fingerprint density at radius 3 is 2.57 bits per heavy atom. The summed E-state index contributed by atoms with van der Waals surface area (Å²) in [7, 11) is 0. The minimum absolute atomic E-state index is 0.243. The number of aliphatic hydroxyl groups is 1. The van der Waals surface area contributed by atoms with Crippen molar-refractivity contribution < 1.29 is 5.11 Å². The average molecular weight is 190 g/mol. The molecule has 1 unspecified atom stereocenters. The predicted molar refractivity (Wildman–Crippen MR) is 60.2 cm³/mol. The number of aliphatic hydroxyl groups excluding tert-OH is 1. The van der Waals surface area contributed by atoms with Gasteiger partial charge in [-0.1, -0.05) is 35.9 Å². The van der Waals surface area contributed by atoms with E-state index in [-0.39, 0.29) is 6.10 Å². The van der Waals surface area contributed by atoms with Crippen molar-refractivity contribution in [2.45, 2.75) is 32.3 Å². The van der Waals surface area contributed by atoms with Crippen LogP contribution in [-0.2, 0) is 6.42 Å². The molecule has 0 amide bonds. The van der Waals surface area contributed by atoms with Crippen LogP contribution in [0, 0.1) is 0 Å². The largest absolute Gasteiger partial charge is 0.393 e. The lowest BCUT2D eigenvalue weighted by atomic mass is 10.0. The first kappa shape index (κ1) is 11.0. The van der Waals surface area contributed by atoms with Crippen molar-refractivity contribution in [1.29, 1.82) is 0 Å². The van der Waals surface area contributed by atoms with E-state index in [4.69, 9.17) is 0 Å². The van der Waals surface area contributed by atoms with Crippen LogP contribution in [0.4, 0.5) is 0 Å². The van der Waals surface area contributed by atoms with E-state index in [1.165, 1.54) is 5.56 Å². The van der Waals surface area contributed by atoms with Gasteiger partial charge in [0, 0.05) is 0 Å². The summed E-state index contributed by atoms with van der Waals surface area (Å²) in [4.78, 5) is 0. The Balaban J connectivity index is 2.30. The van der Waals surface area contributed by atoms with Crippen LogP contribution >= 0.6 is 0 Å². The maximum absolute atomic E-state index is 9.62. The van der Waals surface area contributed by atoms with E-state index >= 15 is 0 Å². The Labute approximate surface area is 86.1 Å². The molecule has 0 aliphatic carbocycles. The molecule has 1 nitrogen and oxygen atoms in total. The standard InChI is InChI=1S/C13H18O/c1-11(2)10-13(14)9-8-12-6-4-3-5-7-12/h3-7,13-14H,1,8-10H2,2H3. The molecule has 0 heterocycles. The van der Waals surface area contributed by atoms with Crippen molar-refractivity contribution in [3.63, 3.8) is 0 Å². The van der Waals surface area contributed by atoms with Gasteiger partial charge in [-0.2, -0.15) is 0 Å². The third kappa shape index (κ3) is 4.24. The normalized spacial score (nSPS) is 12.4. The number of aryl methyl sites for hydroxylation is 1. The molecular formula is C13H18O. The SMILES string of the molecule is C=C(C)CC(O)CCc1ccccc1. The molecule has 0 saturated heterocycles. The van der Waals surface area contributed by atoms with E-state index in [9.17, 15) is 5.11 Å². The molecular weight excluding hydrogens is 172 g/mol. The van der Waals surface area contributed by atoms with Crippen molar-refractivity contribution in [2.24, 2.45) is 0 Å². The van der Waals surface area contributed by atoms with Crippen LogP contribution in [0.1, 0.15) is 25.3 Å². The molecule has 0 spiro atoms. The van der Waals surface area contributed by atoms with E-state index in [2.05, 4.69) is 18.7 Å². The molecule has 0 saturated carbocycles. The first-order valence-corrected chi connectivity index (χ1v) is 5.05. The lowest BCUT2D eigenvalue weighted by molar-refractivity contribution is 0.165. The van der Waals surface area contributed by atoms with Gasteiger partial charge in [-0.3, -0.25) is 0 Å². The molecule has 0 aliphatic heterocycles. The number of hydrogen-bond acceptors (Lipinski definition) is 1. The molecule has 76 valence electrons. The van der Waals surface area contributed by atoms with Crippen molar-refractivity contribution >= 4 is 0 Å². The summed E-state index contributed by atoms with van der Waals surface area (Å²) in [5, 5.41) is 9.62. The van der Waals surface area contributed by atoms with Gasteiger partial charge in [-0.25, -0.2) is 0 Å². The third-order valence-electron chi connectivity index (χ3n) is 2.19. The van der Waals surface area contributed by atoms with Gasteiger partial charge in [0.15, 0.2) is 0 Å². The predicted octanol–water partition coefficient (Wildman–Crippen LogP) is 2.95. The average Bonchev–Trinajstić information content (AvgIpc) is 2.15. The second-order valence-corrected chi connectivity index (χ2v) is 3.84. The Hall–Kier alpha value is -1.08. The number of rotatable bonds is 5. The summed E-state index contributed by atoms with van der Waals surface area (Å²) in [6.45, 7) is 5.74. The molecule has 1 rings (SSSR count). The van der Waals surface area contributed by atoms with Crippen molar-refractivity contribution in [3.05, 3.63) is 48.0 Å². The van der Waals surface area contributed by atoms with Crippen LogP contribution < -0.4 is 0 Å². The first-order valence-electron chi connectivity index (χ1n) is 5.05. The summed E-state index contributed by atoms with van der Waals surface area (Å²) in [5.41, 5.74) is 2.33. The maximum atomic E-state index is 9.62. The van der Waals surface area contributed by atoms with Gasteiger partial charge in [0.05, 0.1) is 6.10 Å². The Bertz CT molecular complexity index is 277. The smallest absolute Gasteiger partial charge is 0.0580 e. The molecule has 0 bridgehead atoms. The van der Waals surface area contributed by atoms with Crippen LogP contribution in [0.3, 0.4) is 0 Å². The fraction of sp³-hybridized carbons (Fsp3) is 0.385. The van der Waals surface area contributed by atoms with E-state index in [1.54, 1.807) is 0 Å². The van der Waals surface area contributed by atoms with Gasteiger partial charge in [-0.05, 0) is 31.7 Å². The minimum atomic E-state index is -0.243. The highest BCUT2D eigenvalue weighted by atomic mass is 16.3. The van der Waals surface area contributed by atoms with Gasteiger partial charge < -0.3 is 5.11 Å². The molecule has 0 aliphatic rings. The zero-order valence-corrected chi connectivity index (χ0v) is 8.74. The zero-order valence-electron chi connectivity index (χ0n) is 8.74. The maximum Gasteiger partial charge on any atom is 0.0580 e. The fourth-order valence-electron chi connectivity index (χ4n) is 1.48. The van der Waals surface area contributed by atoms with Gasteiger partial charge in [-0.15, -0.1) is 6.58 Å². The highest BCUT2D eigenvalue weighted by molar-refractivity contribution is 5.14. The number of benzene rings is 1. The van der Waals surface area contributed by atoms with E-state index in [0.29, 0.717) is 6.42 Å². The topological polar surface area (TPSA) is 20.2 Å². The Morgan fingerprint density at radius 2 is 2.00 bits per heavy atom. The highest BCUT2D eigenvalue weighted by Crippen LogP contribution is 2.10. The molecule has 1 heteroatoms. The van der Waals surface area contributed by atoms with Crippen molar-refractivity contribution in [1.82, 2.24) is 0 Å². The summed E-state index contributed by atoms with van der Waals surface area (Å²) in [6, 6.07) is 10.2. The molecule has 14 heavy (non-hydrogen) atoms. The lowest BCUT2D eigenvalue weighted by Gasteiger charge is -2.09. The Kier molecular flexibility index (Phi) is 4.41. The summed E-state index contributed by atoms with van der Waals surface area (Å²) in [5.74, 6) is 0. The van der Waals surface area contributed by atoms with Crippen molar-refractivity contribution in [3.8, 4) is 0 Å². The van der Waals surface area contributed by atoms with E-state index in [1.807, 2.05) is 25.1 Å². The second-order valence-electron chi connectivity index (χ2n) is 3.84. The minimum Gasteiger partial charge on any atom is -0.393 e. The van der Waals surface area contributed by atoms with Gasteiger partial charge in [0.2, 0.25) is 0 Å². The van der Waals surface area contributed by atoms with Crippen LogP contribution in [0.15, 0.2) is 42.5 Å². The molecule has 1 N–H and O–H groups in total. The first-order chi connectivity index (χ1) is 6.68. The summed E-state index contributed by atoms with van der Waals surface area (Å²) < 4.78 is 0. The second kappa shape index (κ2) is 5.61. The Morgan fingerprint density at radius 1 is 1.36 bits per heavy atom. The highest BCUT2D eigenvalue weighted by Gasteiger charge is 2.04. The van der Waals surface area contributed by atoms with Gasteiger partial charge >= 0.3 is 0 Å². The zero-order chi connectivity index (χ0) is 10.4. The van der Waals surface area contributed by atoms with Crippen molar-refractivity contribution in [2.75, 3.05) is 0 Å². The molecule has 1 atom stereocenters. The third-order valence-corrected chi connectivity index (χ3v) is 2.19. The van der Waals surface area contributed by atoms with Gasteiger partial charge in [0.25, 0.3) is 0 Å². The van der Waals surface area contributed by atoms with Crippen LogP contribution in [0.2, 0.25) is 0 Å². The summed E-state index contributed by atoms with van der Waals surface area (Å²) >= 11 is 0. The van der Waals surface area contributed by atoms with Crippen LogP contribution in [0.5, 0.6) is 0 Å². The number of hydrogen-bond donors (Lipinski definition) is 1. The lowest BCUT2D eigenvalue weighted by Crippen LogP contribution is -2.07.